The molecular formula is C13H21NO2. The molecule has 0 aromatic rings. The minimum Gasteiger partial charge on any atom is -0.444 e. The molecule has 2 aliphatic heterocycles. The number of piperidine rings is 1. The maximum atomic E-state index is 12.1. The lowest BCUT2D eigenvalue weighted by Crippen LogP contribution is -2.46. The Bertz CT molecular complexity index is 300. The topological polar surface area (TPSA) is 29.5 Å². The van der Waals surface area contributed by atoms with E-state index in [1.807, 2.05) is 25.7 Å². The van der Waals surface area contributed by atoms with Crippen molar-refractivity contribution in [2.45, 2.75) is 64.1 Å². The van der Waals surface area contributed by atoms with E-state index in [0.29, 0.717) is 12.1 Å². The second-order valence-electron chi connectivity index (χ2n) is 5.93. The van der Waals surface area contributed by atoms with Gasteiger partial charge in [-0.05, 0) is 46.5 Å². The number of nitrogens with zero attached hydrogens (tertiary/aromatic N) is 1. The first kappa shape index (κ1) is 11.5. The molecule has 2 fully saturated rings. The van der Waals surface area contributed by atoms with E-state index in [2.05, 4.69) is 6.58 Å². The van der Waals surface area contributed by atoms with Crippen molar-refractivity contribution in [1.82, 2.24) is 4.90 Å². The highest BCUT2D eigenvalue weighted by atomic mass is 16.6. The lowest BCUT2D eigenvalue weighted by Gasteiger charge is -2.36. The molecule has 1 amide bonds. The van der Waals surface area contributed by atoms with Gasteiger partial charge in [-0.2, -0.15) is 0 Å². The highest BCUT2D eigenvalue weighted by molar-refractivity contribution is 5.70. The monoisotopic (exact) mass is 223 g/mol. The van der Waals surface area contributed by atoms with Crippen LogP contribution in [0.4, 0.5) is 4.79 Å². The molecular weight excluding hydrogens is 202 g/mol. The van der Waals surface area contributed by atoms with Crippen LogP contribution in [-0.2, 0) is 4.74 Å². The molecule has 0 unspecified atom stereocenters. The summed E-state index contributed by atoms with van der Waals surface area (Å²) < 4.78 is 5.45. The summed E-state index contributed by atoms with van der Waals surface area (Å²) in [7, 11) is 0. The number of carbonyl (C=O) groups is 1. The molecule has 2 saturated heterocycles. The lowest BCUT2D eigenvalue weighted by molar-refractivity contribution is 0.0115. The molecule has 0 aliphatic carbocycles. The van der Waals surface area contributed by atoms with Crippen molar-refractivity contribution >= 4 is 6.09 Å². The van der Waals surface area contributed by atoms with Crippen LogP contribution in [0.2, 0.25) is 0 Å². The number of hydrogen-bond donors (Lipinski definition) is 0. The van der Waals surface area contributed by atoms with Gasteiger partial charge < -0.3 is 9.64 Å². The van der Waals surface area contributed by atoms with Crippen molar-refractivity contribution < 1.29 is 9.53 Å². The minimum atomic E-state index is -0.398. The molecule has 0 aromatic heterocycles. The SMILES string of the molecule is C=C1C[C@H]2CC[C@@H](C1)N2C(=O)OC(C)(C)C. The van der Waals surface area contributed by atoms with E-state index in [0.717, 1.165) is 25.7 Å². The molecule has 3 nitrogen and oxygen atoms in total. The third kappa shape index (κ3) is 2.23. The summed E-state index contributed by atoms with van der Waals surface area (Å²) in [5, 5.41) is 0. The number of amides is 1. The fraction of sp³-hybridized carbons (Fsp3) is 0.769. The Balaban J connectivity index is 2.06. The summed E-state index contributed by atoms with van der Waals surface area (Å²) in [5.41, 5.74) is 0.887. The summed E-state index contributed by atoms with van der Waals surface area (Å²) >= 11 is 0. The van der Waals surface area contributed by atoms with Crippen molar-refractivity contribution in [3.8, 4) is 0 Å². The van der Waals surface area contributed by atoms with E-state index in [1.165, 1.54) is 5.57 Å². The molecule has 2 aliphatic rings. The molecule has 2 heterocycles. The fourth-order valence-electron chi connectivity index (χ4n) is 2.72. The van der Waals surface area contributed by atoms with Gasteiger partial charge in [0, 0.05) is 12.1 Å². The van der Waals surface area contributed by atoms with Crippen LogP contribution in [-0.4, -0.2) is 28.7 Å². The van der Waals surface area contributed by atoms with Gasteiger partial charge in [-0.3, -0.25) is 0 Å². The zero-order valence-electron chi connectivity index (χ0n) is 10.5. The zero-order chi connectivity index (χ0) is 11.9. The van der Waals surface area contributed by atoms with Gasteiger partial charge in [-0.1, -0.05) is 12.2 Å². The standard InChI is InChI=1S/C13H21NO2/c1-9-7-10-5-6-11(8-9)14(10)12(15)16-13(2,3)4/h10-11H,1,5-8H2,2-4H3/t10-,11+. The van der Waals surface area contributed by atoms with E-state index in [4.69, 9.17) is 4.74 Å². The summed E-state index contributed by atoms with van der Waals surface area (Å²) in [5.74, 6) is 0. The van der Waals surface area contributed by atoms with Gasteiger partial charge in [0.15, 0.2) is 0 Å². The average molecular weight is 223 g/mol. The molecule has 3 heteroatoms. The highest BCUT2D eigenvalue weighted by Gasteiger charge is 2.42. The summed E-state index contributed by atoms with van der Waals surface area (Å²) in [6, 6.07) is 0.669. The number of fused-ring (bicyclic) bond motifs is 2. The largest absolute Gasteiger partial charge is 0.444 e. The zero-order valence-corrected chi connectivity index (χ0v) is 10.5. The van der Waals surface area contributed by atoms with E-state index < -0.39 is 5.60 Å². The van der Waals surface area contributed by atoms with Crippen molar-refractivity contribution in [1.29, 1.82) is 0 Å². The molecule has 90 valence electrons. The van der Waals surface area contributed by atoms with Crippen LogP contribution in [0.25, 0.3) is 0 Å². The fourth-order valence-corrected chi connectivity index (χ4v) is 2.72. The van der Waals surface area contributed by atoms with Gasteiger partial charge in [0.25, 0.3) is 0 Å². The maximum absolute atomic E-state index is 12.1. The summed E-state index contributed by atoms with van der Waals surface area (Å²) in [6.45, 7) is 9.78. The van der Waals surface area contributed by atoms with Crippen LogP contribution >= 0.6 is 0 Å². The maximum Gasteiger partial charge on any atom is 0.410 e. The van der Waals surface area contributed by atoms with Crippen molar-refractivity contribution in [3.63, 3.8) is 0 Å². The van der Waals surface area contributed by atoms with Crippen LogP contribution in [0.1, 0.15) is 46.5 Å². The molecule has 0 saturated carbocycles. The van der Waals surface area contributed by atoms with Gasteiger partial charge in [-0.15, -0.1) is 0 Å². The third-order valence-corrected chi connectivity index (χ3v) is 3.27. The van der Waals surface area contributed by atoms with Gasteiger partial charge in [0.05, 0.1) is 0 Å². The molecule has 0 aromatic carbocycles. The first-order valence-electron chi connectivity index (χ1n) is 6.05. The summed E-state index contributed by atoms with van der Waals surface area (Å²) in [6.07, 6.45) is 3.96. The second kappa shape index (κ2) is 3.79. The Morgan fingerprint density at radius 2 is 1.81 bits per heavy atom. The van der Waals surface area contributed by atoms with E-state index in [1.54, 1.807) is 0 Å². The molecule has 2 atom stereocenters. The molecule has 0 radical (unpaired) electrons. The van der Waals surface area contributed by atoms with Gasteiger partial charge >= 0.3 is 6.09 Å². The number of carbonyl (C=O) groups excluding carboxylic acids is 1. The molecule has 16 heavy (non-hydrogen) atoms. The second-order valence-corrected chi connectivity index (χ2v) is 5.93. The van der Waals surface area contributed by atoms with Crippen LogP contribution in [0.15, 0.2) is 12.2 Å². The molecule has 2 rings (SSSR count). The van der Waals surface area contributed by atoms with Crippen molar-refractivity contribution in [2.75, 3.05) is 0 Å². The van der Waals surface area contributed by atoms with E-state index in [9.17, 15) is 4.79 Å². The van der Waals surface area contributed by atoms with Gasteiger partial charge in [0.2, 0.25) is 0 Å². The number of hydrogen-bond acceptors (Lipinski definition) is 2. The van der Waals surface area contributed by atoms with Crippen molar-refractivity contribution in [2.24, 2.45) is 0 Å². The lowest BCUT2D eigenvalue weighted by atomic mass is 9.99. The third-order valence-electron chi connectivity index (χ3n) is 3.27. The Hall–Kier alpha value is -0.990. The Labute approximate surface area is 97.5 Å². The first-order chi connectivity index (χ1) is 7.37. The first-order valence-corrected chi connectivity index (χ1v) is 6.05. The minimum absolute atomic E-state index is 0.146. The van der Waals surface area contributed by atoms with Crippen LogP contribution in [0, 0.1) is 0 Å². The van der Waals surface area contributed by atoms with E-state index >= 15 is 0 Å². The highest BCUT2D eigenvalue weighted by Crippen LogP contribution is 2.38. The molecule has 0 N–H and O–H groups in total. The van der Waals surface area contributed by atoms with Crippen molar-refractivity contribution in [3.05, 3.63) is 12.2 Å². The quantitative estimate of drug-likeness (QED) is 0.590. The molecule has 2 bridgehead atoms. The summed E-state index contributed by atoms with van der Waals surface area (Å²) in [4.78, 5) is 14.0. The predicted molar refractivity (Wildman–Crippen MR) is 63.3 cm³/mol. The number of rotatable bonds is 0. The van der Waals surface area contributed by atoms with E-state index in [-0.39, 0.29) is 6.09 Å². The van der Waals surface area contributed by atoms with Gasteiger partial charge in [0.1, 0.15) is 5.60 Å². The van der Waals surface area contributed by atoms with Crippen LogP contribution in [0.3, 0.4) is 0 Å². The average Bonchev–Trinajstić information content (AvgIpc) is 2.36. The smallest absolute Gasteiger partial charge is 0.410 e. The normalized spacial score (nSPS) is 29.4. The predicted octanol–water partition coefficient (Wildman–Crippen LogP) is 3.10. The van der Waals surface area contributed by atoms with Gasteiger partial charge in [-0.25, -0.2) is 4.79 Å². The molecule has 0 spiro atoms. The Morgan fingerprint density at radius 1 is 1.31 bits per heavy atom. The number of ether oxygens (including phenoxy) is 1. The Kier molecular flexibility index (Phi) is 2.72. The van der Waals surface area contributed by atoms with Crippen LogP contribution < -0.4 is 0 Å². The Morgan fingerprint density at radius 3 is 2.25 bits per heavy atom. The van der Waals surface area contributed by atoms with Crippen LogP contribution in [0.5, 0.6) is 0 Å².